The van der Waals surface area contributed by atoms with Crippen molar-refractivity contribution in [3.63, 3.8) is 0 Å². The quantitative estimate of drug-likeness (QED) is 0.407. The normalized spacial score (nSPS) is 16.5. The summed E-state index contributed by atoms with van der Waals surface area (Å²) in [7, 11) is -3.67. The molecule has 1 unspecified atom stereocenters. The first kappa shape index (κ1) is 23.2. The molecular weight excluding hydrogens is 468 g/mol. The van der Waals surface area contributed by atoms with E-state index >= 15 is 0 Å². The molecule has 170 valence electrons. The predicted octanol–water partition coefficient (Wildman–Crippen LogP) is 4.79. The van der Waals surface area contributed by atoms with Crippen LogP contribution >= 0.6 is 22.9 Å². The lowest BCUT2D eigenvalue weighted by atomic mass is 10.2. The summed E-state index contributed by atoms with van der Waals surface area (Å²) in [6.07, 6.45) is 4.22. The van der Waals surface area contributed by atoms with Crippen LogP contribution in [0.2, 0.25) is 4.34 Å². The fourth-order valence-corrected chi connectivity index (χ4v) is 6.64. The molecule has 0 amide bonds. The maximum Gasteiger partial charge on any atom is 0.252 e. The molecular formula is C23H25ClN2O4S2. The number of nitrogens with zero attached hydrogens (tertiary/aromatic N) is 2. The van der Waals surface area contributed by atoms with Crippen LogP contribution in [0.4, 0.5) is 0 Å². The van der Waals surface area contributed by atoms with Crippen molar-refractivity contribution in [3.8, 4) is 5.75 Å². The van der Waals surface area contributed by atoms with E-state index in [4.69, 9.17) is 21.1 Å². The zero-order valence-corrected chi connectivity index (χ0v) is 19.9. The van der Waals surface area contributed by atoms with Gasteiger partial charge < -0.3 is 9.47 Å². The Kier molecular flexibility index (Phi) is 7.80. The van der Waals surface area contributed by atoms with Gasteiger partial charge in [-0.1, -0.05) is 29.8 Å². The van der Waals surface area contributed by atoms with Gasteiger partial charge in [0, 0.05) is 38.0 Å². The topological polar surface area (TPSA) is 68.7 Å². The van der Waals surface area contributed by atoms with Crippen LogP contribution in [0.3, 0.4) is 0 Å². The van der Waals surface area contributed by atoms with Crippen LogP contribution in [0, 0.1) is 0 Å². The molecule has 0 aliphatic carbocycles. The summed E-state index contributed by atoms with van der Waals surface area (Å²) < 4.78 is 40.2. The first-order chi connectivity index (χ1) is 15.5. The number of benzene rings is 1. The SMILES string of the molecule is O=S(=O)(c1ccc(Cl)s1)N(Cc1ccc(OCCc2ccccn2)cc1)CC1CCCO1. The number of rotatable bonds is 10. The van der Waals surface area contributed by atoms with Crippen molar-refractivity contribution < 1.29 is 17.9 Å². The number of halogens is 1. The molecule has 6 nitrogen and oxygen atoms in total. The molecule has 9 heteroatoms. The summed E-state index contributed by atoms with van der Waals surface area (Å²) in [6.45, 7) is 1.77. The zero-order valence-electron chi connectivity index (χ0n) is 17.5. The Balaban J connectivity index is 1.42. The van der Waals surface area contributed by atoms with Gasteiger partial charge in [-0.25, -0.2) is 8.42 Å². The Bertz CT molecular complexity index is 1100. The summed E-state index contributed by atoms with van der Waals surface area (Å²) in [4.78, 5) is 4.29. The zero-order chi connectivity index (χ0) is 22.4. The smallest absolute Gasteiger partial charge is 0.252 e. The van der Waals surface area contributed by atoms with E-state index in [1.54, 1.807) is 18.3 Å². The van der Waals surface area contributed by atoms with Gasteiger partial charge in [0.15, 0.2) is 0 Å². The molecule has 1 aliphatic heterocycles. The number of ether oxygens (including phenoxy) is 2. The molecule has 0 bridgehead atoms. The Morgan fingerprint density at radius 3 is 2.66 bits per heavy atom. The molecule has 1 atom stereocenters. The lowest BCUT2D eigenvalue weighted by Gasteiger charge is -2.24. The number of sulfonamides is 1. The lowest BCUT2D eigenvalue weighted by molar-refractivity contribution is 0.0926. The average molecular weight is 493 g/mol. The Morgan fingerprint density at radius 1 is 1.16 bits per heavy atom. The third-order valence-electron chi connectivity index (χ3n) is 5.21. The van der Waals surface area contributed by atoms with E-state index in [-0.39, 0.29) is 16.9 Å². The average Bonchev–Trinajstić information content (AvgIpc) is 3.47. The standard InChI is InChI=1S/C23H25ClN2O4S2/c24-22-10-11-23(31-22)32(27,28)26(17-21-5-3-14-29-21)16-18-6-8-20(9-7-18)30-15-12-19-4-1-2-13-25-19/h1-2,4,6-11,13,21H,3,5,12,14-17H2. The van der Waals surface area contributed by atoms with Gasteiger partial charge in [0.2, 0.25) is 0 Å². The Labute approximate surface area is 197 Å². The van der Waals surface area contributed by atoms with Crippen molar-refractivity contribution in [2.45, 2.75) is 36.1 Å². The number of aromatic nitrogens is 1. The van der Waals surface area contributed by atoms with Crippen molar-refractivity contribution in [1.29, 1.82) is 0 Å². The van der Waals surface area contributed by atoms with Crippen molar-refractivity contribution in [2.75, 3.05) is 19.8 Å². The second kappa shape index (κ2) is 10.8. The largest absolute Gasteiger partial charge is 0.493 e. The number of pyridine rings is 1. The number of hydrogen-bond acceptors (Lipinski definition) is 6. The van der Waals surface area contributed by atoms with Crippen LogP contribution in [-0.4, -0.2) is 43.6 Å². The summed E-state index contributed by atoms with van der Waals surface area (Å²) in [6, 6.07) is 16.5. The first-order valence-electron chi connectivity index (χ1n) is 10.5. The van der Waals surface area contributed by atoms with Crippen LogP contribution in [0.5, 0.6) is 5.75 Å². The fourth-order valence-electron chi connectivity index (χ4n) is 3.54. The molecule has 4 rings (SSSR count). The lowest BCUT2D eigenvalue weighted by Crippen LogP contribution is -2.36. The summed E-state index contributed by atoms with van der Waals surface area (Å²) in [5.74, 6) is 0.739. The summed E-state index contributed by atoms with van der Waals surface area (Å²) in [5, 5.41) is 0. The molecule has 1 fully saturated rings. The van der Waals surface area contributed by atoms with Gasteiger partial charge in [0.1, 0.15) is 9.96 Å². The van der Waals surface area contributed by atoms with E-state index in [9.17, 15) is 8.42 Å². The highest BCUT2D eigenvalue weighted by Crippen LogP contribution is 2.30. The van der Waals surface area contributed by atoms with Crippen LogP contribution in [0.1, 0.15) is 24.1 Å². The highest BCUT2D eigenvalue weighted by Gasteiger charge is 2.30. The monoisotopic (exact) mass is 492 g/mol. The molecule has 1 aliphatic rings. The van der Waals surface area contributed by atoms with E-state index in [1.807, 2.05) is 42.5 Å². The molecule has 3 heterocycles. The predicted molar refractivity (Wildman–Crippen MR) is 126 cm³/mol. The molecule has 3 aromatic rings. The molecule has 0 saturated carbocycles. The maximum atomic E-state index is 13.3. The van der Waals surface area contributed by atoms with E-state index in [1.165, 1.54) is 4.31 Å². The molecule has 0 radical (unpaired) electrons. The van der Waals surface area contributed by atoms with Gasteiger partial charge in [-0.3, -0.25) is 4.98 Å². The van der Waals surface area contributed by atoms with E-state index in [2.05, 4.69) is 4.98 Å². The van der Waals surface area contributed by atoms with Crippen LogP contribution in [0.25, 0.3) is 0 Å². The molecule has 2 aromatic heterocycles. The van der Waals surface area contributed by atoms with E-state index in [0.717, 1.165) is 47.6 Å². The molecule has 1 aromatic carbocycles. The first-order valence-corrected chi connectivity index (χ1v) is 13.1. The van der Waals surface area contributed by atoms with Gasteiger partial charge in [-0.05, 0) is 54.8 Å². The number of thiophene rings is 1. The van der Waals surface area contributed by atoms with Gasteiger partial charge in [-0.2, -0.15) is 4.31 Å². The van der Waals surface area contributed by atoms with E-state index < -0.39 is 10.0 Å². The maximum absolute atomic E-state index is 13.3. The van der Waals surface area contributed by atoms with Crippen LogP contribution in [0.15, 0.2) is 65.0 Å². The molecule has 0 N–H and O–H groups in total. The van der Waals surface area contributed by atoms with Gasteiger partial charge in [-0.15, -0.1) is 11.3 Å². The molecule has 0 spiro atoms. The van der Waals surface area contributed by atoms with Crippen molar-refractivity contribution in [3.05, 3.63) is 76.4 Å². The Morgan fingerprint density at radius 2 is 2.00 bits per heavy atom. The molecule has 32 heavy (non-hydrogen) atoms. The van der Waals surface area contributed by atoms with E-state index in [0.29, 0.717) is 24.1 Å². The van der Waals surface area contributed by atoms with Gasteiger partial charge >= 0.3 is 0 Å². The van der Waals surface area contributed by atoms with Crippen molar-refractivity contribution in [1.82, 2.24) is 9.29 Å². The van der Waals surface area contributed by atoms with Gasteiger partial charge in [0.25, 0.3) is 10.0 Å². The molecule has 1 saturated heterocycles. The fraction of sp³-hybridized carbons (Fsp3) is 0.348. The third kappa shape index (κ3) is 6.08. The van der Waals surface area contributed by atoms with Crippen molar-refractivity contribution >= 4 is 33.0 Å². The summed E-state index contributed by atoms with van der Waals surface area (Å²) in [5.41, 5.74) is 1.86. The van der Waals surface area contributed by atoms with Crippen LogP contribution < -0.4 is 4.74 Å². The Hall–Kier alpha value is -1.97. The summed E-state index contributed by atoms with van der Waals surface area (Å²) >= 11 is 7.06. The highest BCUT2D eigenvalue weighted by molar-refractivity contribution is 7.91. The minimum absolute atomic E-state index is 0.0885. The highest BCUT2D eigenvalue weighted by atomic mass is 35.5. The third-order valence-corrected chi connectivity index (χ3v) is 8.72. The van der Waals surface area contributed by atoms with Crippen LogP contribution in [-0.2, 0) is 27.7 Å². The second-order valence-electron chi connectivity index (χ2n) is 7.55. The van der Waals surface area contributed by atoms with Crippen molar-refractivity contribution in [2.24, 2.45) is 0 Å². The minimum Gasteiger partial charge on any atom is -0.493 e. The van der Waals surface area contributed by atoms with Gasteiger partial charge in [0.05, 0.1) is 17.0 Å². The second-order valence-corrected chi connectivity index (χ2v) is 11.4. The number of hydrogen-bond donors (Lipinski definition) is 0. The minimum atomic E-state index is -3.67.